The summed E-state index contributed by atoms with van der Waals surface area (Å²) in [5.41, 5.74) is 2.49. The van der Waals surface area contributed by atoms with Gasteiger partial charge in [0.1, 0.15) is 9.84 Å². The normalized spacial score (nSPS) is 17.6. The zero-order valence-electron chi connectivity index (χ0n) is 12.7. The molecule has 2 aromatic rings. The summed E-state index contributed by atoms with van der Waals surface area (Å²) in [7, 11) is -2.92. The molecule has 0 bridgehead atoms. The van der Waals surface area contributed by atoms with Crippen molar-refractivity contribution >= 4 is 15.7 Å². The minimum atomic E-state index is -2.92. The molecule has 1 saturated heterocycles. The molecule has 23 heavy (non-hydrogen) atoms. The predicted molar refractivity (Wildman–Crippen MR) is 91.0 cm³/mol. The van der Waals surface area contributed by atoms with Gasteiger partial charge in [-0.2, -0.15) is 0 Å². The summed E-state index contributed by atoms with van der Waals surface area (Å²) in [5.74, 6) is 0.157. The number of hydrogen-bond donors (Lipinski definition) is 1. The minimum absolute atomic E-state index is 0.0742. The summed E-state index contributed by atoms with van der Waals surface area (Å²) < 4.78 is 23.0. The highest BCUT2D eigenvalue weighted by molar-refractivity contribution is 7.91. The number of rotatable bonds is 3. The summed E-state index contributed by atoms with van der Waals surface area (Å²) in [6, 6.07) is 17.2. The number of hydrogen-bond acceptors (Lipinski definition) is 3. The molecule has 1 N–H and O–H groups in total. The van der Waals surface area contributed by atoms with Gasteiger partial charge in [-0.3, -0.25) is 4.79 Å². The SMILES string of the molecule is O=C(NC1CCS(=O)(=O)CC1)c1ccccc1-c1ccccc1. The van der Waals surface area contributed by atoms with Crippen LogP contribution >= 0.6 is 0 Å². The Morgan fingerprint density at radius 2 is 1.52 bits per heavy atom. The molecule has 3 rings (SSSR count). The van der Waals surface area contributed by atoms with E-state index in [4.69, 9.17) is 0 Å². The fraction of sp³-hybridized carbons (Fsp3) is 0.278. The number of amides is 1. The van der Waals surface area contributed by atoms with Gasteiger partial charge >= 0.3 is 0 Å². The maximum absolute atomic E-state index is 12.6. The summed E-state index contributed by atoms with van der Waals surface area (Å²) in [4.78, 5) is 12.6. The van der Waals surface area contributed by atoms with Crippen molar-refractivity contribution in [2.75, 3.05) is 11.5 Å². The fourth-order valence-electron chi connectivity index (χ4n) is 2.85. The topological polar surface area (TPSA) is 63.2 Å². The highest BCUT2D eigenvalue weighted by Crippen LogP contribution is 2.24. The third kappa shape index (κ3) is 3.79. The zero-order chi connectivity index (χ0) is 16.3. The lowest BCUT2D eigenvalue weighted by Gasteiger charge is -2.23. The van der Waals surface area contributed by atoms with Gasteiger partial charge in [-0.1, -0.05) is 48.5 Å². The number of carbonyl (C=O) groups is 1. The Hall–Kier alpha value is -2.14. The first kappa shape index (κ1) is 15.7. The third-order valence-electron chi connectivity index (χ3n) is 4.15. The molecule has 0 aliphatic carbocycles. The molecule has 2 aromatic carbocycles. The maximum atomic E-state index is 12.6. The van der Waals surface area contributed by atoms with Crippen molar-refractivity contribution in [2.24, 2.45) is 0 Å². The molecule has 1 amide bonds. The van der Waals surface area contributed by atoms with Gasteiger partial charge in [0, 0.05) is 11.6 Å². The van der Waals surface area contributed by atoms with Gasteiger partial charge < -0.3 is 5.32 Å². The fourth-order valence-corrected chi connectivity index (χ4v) is 4.34. The van der Waals surface area contributed by atoms with Crippen LogP contribution in [0.2, 0.25) is 0 Å². The number of sulfone groups is 1. The van der Waals surface area contributed by atoms with E-state index in [9.17, 15) is 13.2 Å². The van der Waals surface area contributed by atoms with E-state index in [0.29, 0.717) is 18.4 Å². The molecule has 0 atom stereocenters. The Morgan fingerprint density at radius 1 is 0.913 bits per heavy atom. The Bertz CT molecular complexity index is 786. The van der Waals surface area contributed by atoms with Crippen LogP contribution in [0.25, 0.3) is 11.1 Å². The van der Waals surface area contributed by atoms with Crippen molar-refractivity contribution in [2.45, 2.75) is 18.9 Å². The van der Waals surface area contributed by atoms with Crippen molar-refractivity contribution in [3.05, 3.63) is 60.2 Å². The molecule has 1 heterocycles. The molecule has 1 aliphatic rings. The van der Waals surface area contributed by atoms with E-state index in [-0.39, 0.29) is 23.5 Å². The lowest BCUT2D eigenvalue weighted by atomic mass is 9.99. The van der Waals surface area contributed by atoms with Gasteiger partial charge in [-0.05, 0) is 30.0 Å². The van der Waals surface area contributed by atoms with Crippen molar-refractivity contribution in [1.29, 1.82) is 0 Å². The molecule has 0 saturated carbocycles. The van der Waals surface area contributed by atoms with Crippen LogP contribution in [0.5, 0.6) is 0 Å². The summed E-state index contributed by atoms with van der Waals surface area (Å²) in [6.45, 7) is 0. The molecular weight excluding hydrogens is 310 g/mol. The van der Waals surface area contributed by atoms with Crippen molar-refractivity contribution in [1.82, 2.24) is 5.32 Å². The molecule has 0 aromatic heterocycles. The summed E-state index contributed by atoms with van der Waals surface area (Å²) in [6.07, 6.45) is 0.975. The van der Waals surface area contributed by atoms with Crippen LogP contribution in [0.15, 0.2) is 54.6 Å². The van der Waals surface area contributed by atoms with Crippen LogP contribution in [0.3, 0.4) is 0 Å². The first-order valence-electron chi connectivity index (χ1n) is 7.71. The molecule has 0 radical (unpaired) electrons. The van der Waals surface area contributed by atoms with Crippen LogP contribution in [0.1, 0.15) is 23.2 Å². The van der Waals surface area contributed by atoms with Crippen LogP contribution in [-0.2, 0) is 9.84 Å². The average Bonchev–Trinajstić information content (AvgIpc) is 2.57. The molecule has 0 unspecified atom stereocenters. The standard InChI is InChI=1S/C18H19NO3S/c20-18(19-15-10-12-23(21,22)13-11-15)17-9-5-4-8-16(17)14-6-2-1-3-7-14/h1-9,15H,10-13H2,(H,19,20). The van der Waals surface area contributed by atoms with E-state index >= 15 is 0 Å². The Kier molecular flexibility index (Phi) is 4.48. The van der Waals surface area contributed by atoms with Gasteiger partial charge in [0.15, 0.2) is 0 Å². The molecular formula is C18H19NO3S. The quantitative estimate of drug-likeness (QED) is 0.941. The second kappa shape index (κ2) is 6.54. The van der Waals surface area contributed by atoms with E-state index in [1.165, 1.54) is 0 Å². The Morgan fingerprint density at radius 3 is 2.22 bits per heavy atom. The van der Waals surface area contributed by atoms with E-state index in [2.05, 4.69) is 5.32 Å². The zero-order valence-corrected chi connectivity index (χ0v) is 13.6. The van der Waals surface area contributed by atoms with Gasteiger partial charge in [-0.25, -0.2) is 8.42 Å². The molecule has 1 fully saturated rings. The van der Waals surface area contributed by atoms with Crippen LogP contribution in [-0.4, -0.2) is 31.9 Å². The van der Waals surface area contributed by atoms with Crippen LogP contribution in [0, 0.1) is 0 Å². The third-order valence-corrected chi connectivity index (χ3v) is 5.86. The van der Waals surface area contributed by atoms with Gasteiger partial charge in [0.25, 0.3) is 5.91 Å². The minimum Gasteiger partial charge on any atom is -0.349 e. The molecule has 5 heteroatoms. The van der Waals surface area contributed by atoms with E-state index < -0.39 is 9.84 Å². The van der Waals surface area contributed by atoms with Crippen molar-refractivity contribution in [3.8, 4) is 11.1 Å². The number of benzene rings is 2. The second-order valence-electron chi connectivity index (χ2n) is 5.81. The molecule has 0 spiro atoms. The first-order chi connectivity index (χ1) is 11.1. The van der Waals surface area contributed by atoms with Crippen molar-refractivity contribution < 1.29 is 13.2 Å². The maximum Gasteiger partial charge on any atom is 0.252 e. The predicted octanol–water partition coefficient (Wildman–Crippen LogP) is 2.66. The molecule has 120 valence electrons. The highest BCUT2D eigenvalue weighted by atomic mass is 32.2. The lowest BCUT2D eigenvalue weighted by Crippen LogP contribution is -2.41. The molecule has 1 aliphatic heterocycles. The largest absolute Gasteiger partial charge is 0.349 e. The van der Waals surface area contributed by atoms with Crippen LogP contribution < -0.4 is 5.32 Å². The first-order valence-corrected chi connectivity index (χ1v) is 9.53. The summed E-state index contributed by atoms with van der Waals surface area (Å²) in [5, 5.41) is 2.98. The second-order valence-corrected chi connectivity index (χ2v) is 8.11. The van der Waals surface area contributed by atoms with Crippen molar-refractivity contribution in [3.63, 3.8) is 0 Å². The number of carbonyl (C=O) groups excluding carboxylic acids is 1. The van der Waals surface area contributed by atoms with Gasteiger partial charge in [0.05, 0.1) is 11.5 Å². The lowest BCUT2D eigenvalue weighted by molar-refractivity contribution is 0.0935. The number of nitrogens with one attached hydrogen (secondary N) is 1. The van der Waals surface area contributed by atoms with E-state index in [1.807, 2.05) is 48.5 Å². The van der Waals surface area contributed by atoms with Gasteiger partial charge in [0.2, 0.25) is 0 Å². The van der Waals surface area contributed by atoms with Crippen LogP contribution in [0.4, 0.5) is 0 Å². The smallest absolute Gasteiger partial charge is 0.252 e. The van der Waals surface area contributed by atoms with Gasteiger partial charge in [-0.15, -0.1) is 0 Å². The Balaban J connectivity index is 1.78. The monoisotopic (exact) mass is 329 g/mol. The summed E-state index contributed by atoms with van der Waals surface area (Å²) >= 11 is 0. The highest BCUT2D eigenvalue weighted by Gasteiger charge is 2.25. The Labute approximate surface area is 136 Å². The van der Waals surface area contributed by atoms with E-state index in [1.54, 1.807) is 6.07 Å². The molecule has 4 nitrogen and oxygen atoms in total. The average molecular weight is 329 g/mol. The van der Waals surface area contributed by atoms with E-state index in [0.717, 1.165) is 11.1 Å².